The van der Waals surface area contributed by atoms with Gasteiger partial charge in [0.25, 0.3) is 0 Å². The Balaban J connectivity index is 2.79. The van der Waals surface area contributed by atoms with Gasteiger partial charge in [0.05, 0.1) is 23.7 Å². The van der Waals surface area contributed by atoms with Crippen LogP contribution in [0.5, 0.6) is 5.75 Å². The predicted octanol–water partition coefficient (Wildman–Crippen LogP) is 1.63. The number of nitro benzene ring substituents is 1. The topological polar surface area (TPSA) is 92.8 Å². The Bertz CT molecular complexity index is 425. The molecule has 0 saturated carbocycles. The highest BCUT2D eigenvalue weighted by atomic mass is 16.6. The summed E-state index contributed by atoms with van der Waals surface area (Å²) in [6.45, 7) is 3.20. The van der Waals surface area contributed by atoms with E-state index in [1.165, 1.54) is 12.1 Å². The van der Waals surface area contributed by atoms with Gasteiger partial charge in [0.1, 0.15) is 0 Å². The van der Waals surface area contributed by atoms with Crippen molar-refractivity contribution < 1.29 is 19.9 Å². The van der Waals surface area contributed by atoms with Gasteiger partial charge in [-0.1, -0.05) is 6.07 Å². The van der Waals surface area contributed by atoms with E-state index in [0.717, 1.165) is 0 Å². The van der Waals surface area contributed by atoms with Gasteiger partial charge < -0.3 is 14.9 Å². The van der Waals surface area contributed by atoms with Crippen LogP contribution in [-0.2, 0) is 6.61 Å². The third kappa shape index (κ3) is 4.31. The van der Waals surface area contributed by atoms with E-state index in [0.29, 0.717) is 12.0 Å². The Kier molecular flexibility index (Phi) is 4.63. The second-order valence-corrected chi connectivity index (χ2v) is 4.63. The molecule has 0 aromatic heterocycles. The molecule has 18 heavy (non-hydrogen) atoms. The Morgan fingerprint density at radius 2 is 2.11 bits per heavy atom. The summed E-state index contributed by atoms with van der Waals surface area (Å²) in [4.78, 5) is 10.3. The molecule has 0 heterocycles. The van der Waals surface area contributed by atoms with Gasteiger partial charge in [-0.25, -0.2) is 0 Å². The van der Waals surface area contributed by atoms with Crippen LogP contribution in [0.15, 0.2) is 18.2 Å². The molecule has 6 heteroatoms. The minimum Gasteiger partial charge on any atom is -0.487 e. The van der Waals surface area contributed by atoms with Crippen LogP contribution in [0, 0.1) is 10.1 Å². The quantitative estimate of drug-likeness (QED) is 0.595. The first-order valence-corrected chi connectivity index (χ1v) is 5.57. The standard InChI is InChI=1S/C12H17NO5/c1-12(2,15)5-6-18-11-4-3-9(8-14)7-10(11)13(16)17/h3-4,7,14-15H,5-6,8H2,1-2H3. The molecule has 0 aliphatic carbocycles. The zero-order valence-electron chi connectivity index (χ0n) is 10.4. The van der Waals surface area contributed by atoms with Crippen molar-refractivity contribution >= 4 is 5.69 Å². The van der Waals surface area contributed by atoms with Crippen molar-refractivity contribution in [2.75, 3.05) is 6.61 Å². The molecule has 0 atom stereocenters. The summed E-state index contributed by atoms with van der Waals surface area (Å²) in [6.07, 6.45) is 0.367. The molecule has 100 valence electrons. The van der Waals surface area contributed by atoms with Crippen LogP contribution >= 0.6 is 0 Å². The first kappa shape index (κ1) is 14.4. The number of aliphatic hydroxyl groups is 2. The summed E-state index contributed by atoms with van der Waals surface area (Å²) in [5.74, 6) is 0.140. The van der Waals surface area contributed by atoms with E-state index in [2.05, 4.69) is 0 Å². The number of ether oxygens (including phenoxy) is 1. The molecule has 1 aromatic carbocycles. The van der Waals surface area contributed by atoms with E-state index < -0.39 is 10.5 Å². The summed E-state index contributed by atoms with van der Waals surface area (Å²) in [5.41, 5.74) is -0.603. The molecule has 6 nitrogen and oxygen atoms in total. The van der Waals surface area contributed by atoms with Gasteiger partial charge in [-0.3, -0.25) is 10.1 Å². The monoisotopic (exact) mass is 255 g/mol. The van der Waals surface area contributed by atoms with Crippen molar-refractivity contribution in [3.05, 3.63) is 33.9 Å². The maximum absolute atomic E-state index is 10.8. The molecule has 0 spiro atoms. The van der Waals surface area contributed by atoms with Gasteiger partial charge in [0, 0.05) is 12.5 Å². The van der Waals surface area contributed by atoms with Gasteiger partial charge >= 0.3 is 5.69 Å². The number of aliphatic hydroxyl groups excluding tert-OH is 1. The zero-order chi connectivity index (χ0) is 13.8. The van der Waals surface area contributed by atoms with Gasteiger partial charge in [0.2, 0.25) is 0 Å². The second kappa shape index (κ2) is 5.79. The Morgan fingerprint density at radius 3 is 2.61 bits per heavy atom. The Hall–Kier alpha value is -1.66. The highest BCUT2D eigenvalue weighted by Crippen LogP contribution is 2.28. The third-order valence-electron chi connectivity index (χ3n) is 2.37. The van der Waals surface area contributed by atoms with Gasteiger partial charge in [-0.2, -0.15) is 0 Å². The van der Waals surface area contributed by atoms with E-state index in [1.807, 2.05) is 0 Å². The average Bonchev–Trinajstić information content (AvgIpc) is 2.27. The fourth-order valence-corrected chi connectivity index (χ4v) is 1.34. The predicted molar refractivity (Wildman–Crippen MR) is 65.4 cm³/mol. The molecule has 0 amide bonds. The third-order valence-corrected chi connectivity index (χ3v) is 2.37. The van der Waals surface area contributed by atoms with E-state index in [4.69, 9.17) is 9.84 Å². The summed E-state index contributed by atoms with van der Waals surface area (Å²) in [6, 6.07) is 4.29. The van der Waals surface area contributed by atoms with Gasteiger partial charge in [0.15, 0.2) is 5.75 Å². The average molecular weight is 255 g/mol. The molecular formula is C12H17NO5. The van der Waals surface area contributed by atoms with Crippen molar-refractivity contribution in [3.8, 4) is 5.75 Å². The number of hydrogen-bond donors (Lipinski definition) is 2. The molecule has 0 fully saturated rings. The smallest absolute Gasteiger partial charge is 0.311 e. The first-order valence-electron chi connectivity index (χ1n) is 5.57. The first-order chi connectivity index (χ1) is 8.33. The molecule has 0 saturated heterocycles. The van der Waals surface area contributed by atoms with Crippen molar-refractivity contribution in [1.29, 1.82) is 0 Å². The lowest BCUT2D eigenvalue weighted by Gasteiger charge is -2.17. The van der Waals surface area contributed by atoms with Crippen molar-refractivity contribution in [1.82, 2.24) is 0 Å². The van der Waals surface area contributed by atoms with Crippen LogP contribution in [0.1, 0.15) is 25.8 Å². The van der Waals surface area contributed by atoms with Crippen molar-refractivity contribution in [3.63, 3.8) is 0 Å². The molecule has 0 bridgehead atoms. The van der Waals surface area contributed by atoms with Crippen molar-refractivity contribution in [2.45, 2.75) is 32.5 Å². The fraction of sp³-hybridized carbons (Fsp3) is 0.500. The van der Waals surface area contributed by atoms with E-state index in [-0.39, 0.29) is 24.7 Å². The highest BCUT2D eigenvalue weighted by molar-refractivity contribution is 5.48. The van der Waals surface area contributed by atoms with Crippen LogP contribution < -0.4 is 4.74 Å². The molecule has 1 rings (SSSR count). The molecule has 0 aliphatic heterocycles. The molecule has 0 aliphatic rings. The van der Waals surface area contributed by atoms with Gasteiger partial charge in [-0.05, 0) is 25.5 Å². The molecule has 0 radical (unpaired) electrons. The highest BCUT2D eigenvalue weighted by Gasteiger charge is 2.17. The number of rotatable bonds is 6. The summed E-state index contributed by atoms with van der Waals surface area (Å²) >= 11 is 0. The number of hydrogen-bond acceptors (Lipinski definition) is 5. The largest absolute Gasteiger partial charge is 0.487 e. The molecule has 2 N–H and O–H groups in total. The van der Waals surface area contributed by atoms with Gasteiger partial charge in [-0.15, -0.1) is 0 Å². The summed E-state index contributed by atoms with van der Waals surface area (Å²) in [7, 11) is 0. The van der Waals surface area contributed by atoms with Crippen molar-refractivity contribution in [2.24, 2.45) is 0 Å². The van der Waals surface area contributed by atoms with E-state index >= 15 is 0 Å². The lowest BCUT2D eigenvalue weighted by Crippen LogP contribution is -2.21. The van der Waals surface area contributed by atoms with E-state index in [1.54, 1.807) is 19.9 Å². The SMILES string of the molecule is CC(C)(O)CCOc1ccc(CO)cc1[N+](=O)[O-]. The number of nitro groups is 1. The Labute approximate surface area is 105 Å². The second-order valence-electron chi connectivity index (χ2n) is 4.63. The zero-order valence-corrected chi connectivity index (χ0v) is 10.4. The maximum atomic E-state index is 10.8. The summed E-state index contributed by atoms with van der Waals surface area (Å²) in [5, 5.41) is 29.3. The molecular weight excluding hydrogens is 238 g/mol. The van der Waals surface area contributed by atoms with Crippen LogP contribution in [0.3, 0.4) is 0 Å². The summed E-state index contributed by atoms with van der Waals surface area (Å²) < 4.78 is 5.29. The van der Waals surface area contributed by atoms with Crippen LogP contribution in [0.4, 0.5) is 5.69 Å². The normalized spacial score (nSPS) is 11.3. The Morgan fingerprint density at radius 1 is 1.44 bits per heavy atom. The molecule has 1 aromatic rings. The van der Waals surface area contributed by atoms with Crippen LogP contribution in [0.25, 0.3) is 0 Å². The molecule has 0 unspecified atom stereocenters. The minimum absolute atomic E-state index is 0.140. The minimum atomic E-state index is -0.875. The fourth-order valence-electron chi connectivity index (χ4n) is 1.34. The number of nitrogens with zero attached hydrogens (tertiary/aromatic N) is 1. The lowest BCUT2D eigenvalue weighted by atomic mass is 10.1. The lowest BCUT2D eigenvalue weighted by molar-refractivity contribution is -0.386. The van der Waals surface area contributed by atoms with E-state index in [9.17, 15) is 15.2 Å². The number of benzene rings is 1. The maximum Gasteiger partial charge on any atom is 0.311 e. The van der Waals surface area contributed by atoms with Crippen LogP contribution in [-0.4, -0.2) is 27.3 Å². The van der Waals surface area contributed by atoms with Crippen LogP contribution in [0.2, 0.25) is 0 Å².